The standard InChI is InChI=1S/C13H16N2O/c1-10(15-11(2)16)13-7-3-5-12(9-13)6-4-8-14/h3,5,7,9-10H,8,14H2,1-2H3,(H,15,16). The van der Waals surface area contributed by atoms with Crippen LogP contribution < -0.4 is 11.1 Å². The zero-order valence-corrected chi connectivity index (χ0v) is 9.58. The first-order chi connectivity index (χ1) is 7.63. The first-order valence-electron chi connectivity index (χ1n) is 5.19. The Hall–Kier alpha value is -1.79. The van der Waals surface area contributed by atoms with Gasteiger partial charge in [0, 0.05) is 12.5 Å². The number of nitrogens with two attached hydrogens (primary N) is 1. The third-order valence-corrected chi connectivity index (χ3v) is 2.14. The lowest BCUT2D eigenvalue weighted by molar-refractivity contribution is -0.119. The Kier molecular flexibility index (Phi) is 4.56. The van der Waals surface area contributed by atoms with E-state index >= 15 is 0 Å². The van der Waals surface area contributed by atoms with Gasteiger partial charge in [-0.2, -0.15) is 0 Å². The second kappa shape index (κ2) is 5.94. The van der Waals surface area contributed by atoms with Crippen molar-refractivity contribution in [3.63, 3.8) is 0 Å². The molecule has 0 spiro atoms. The number of carbonyl (C=O) groups is 1. The monoisotopic (exact) mass is 216 g/mol. The van der Waals surface area contributed by atoms with Crippen LogP contribution in [0.2, 0.25) is 0 Å². The summed E-state index contributed by atoms with van der Waals surface area (Å²) in [6.45, 7) is 3.80. The summed E-state index contributed by atoms with van der Waals surface area (Å²) in [6.07, 6.45) is 0. The minimum atomic E-state index is -0.0362. The summed E-state index contributed by atoms with van der Waals surface area (Å²) in [5.74, 6) is 5.73. The molecule has 0 aromatic heterocycles. The van der Waals surface area contributed by atoms with Crippen LogP contribution in [0.15, 0.2) is 24.3 Å². The number of rotatable bonds is 2. The second-order valence-corrected chi connectivity index (χ2v) is 3.55. The molecule has 16 heavy (non-hydrogen) atoms. The topological polar surface area (TPSA) is 55.1 Å². The molecule has 0 bridgehead atoms. The summed E-state index contributed by atoms with van der Waals surface area (Å²) >= 11 is 0. The molecular formula is C13H16N2O. The summed E-state index contributed by atoms with van der Waals surface area (Å²) in [5.41, 5.74) is 7.27. The maximum atomic E-state index is 10.9. The molecule has 1 rings (SSSR count). The van der Waals surface area contributed by atoms with E-state index in [1.165, 1.54) is 6.92 Å². The molecule has 0 heterocycles. The van der Waals surface area contributed by atoms with E-state index in [2.05, 4.69) is 17.2 Å². The average Bonchev–Trinajstić information content (AvgIpc) is 2.26. The van der Waals surface area contributed by atoms with Crippen LogP contribution in [0.25, 0.3) is 0 Å². The van der Waals surface area contributed by atoms with Crippen molar-refractivity contribution in [2.24, 2.45) is 5.73 Å². The number of hydrogen-bond acceptors (Lipinski definition) is 2. The zero-order chi connectivity index (χ0) is 12.0. The Morgan fingerprint density at radius 3 is 2.94 bits per heavy atom. The maximum absolute atomic E-state index is 10.9. The highest BCUT2D eigenvalue weighted by Crippen LogP contribution is 2.13. The van der Waals surface area contributed by atoms with Crippen molar-refractivity contribution in [1.82, 2.24) is 5.32 Å². The van der Waals surface area contributed by atoms with Gasteiger partial charge in [0.05, 0.1) is 12.6 Å². The molecule has 3 N–H and O–H groups in total. The van der Waals surface area contributed by atoms with Crippen molar-refractivity contribution in [3.05, 3.63) is 35.4 Å². The summed E-state index contributed by atoms with van der Waals surface area (Å²) < 4.78 is 0. The third-order valence-electron chi connectivity index (χ3n) is 2.14. The molecule has 0 fully saturated rings. The average molecular weight is 216 g/mol. The highest BCUT2D eigenvalue weighted by molar-refractivity contribution is 5.73. The fraction of sp³-hybridized carbons (Fsp3) is 0.308. The Morgan fingerprint density at radius 1 is 1.56 bits per heavy atom. The van der Waals surface area contributed by atoms with Crippen molar-refractivity contribution in [1.29, 1.82) is 0 Å². The van der Waals surface area contributed by atoms with E-state index in [0.717, 1.165) is 11.1 Å². The first-order valence-corrected chi connectivity index (χ1v) is 5.19. The van der Waals surface area contributed by atoms with Crippen molar-refractivity contribution >= 4 is 5.91 Å². The number of nitrogens with one attached hydrogen (secondary N) is 1. The predicted octanol–water partition coefficient (Wildman–Crippen LogP) is 1.19. The van der Waals surface area contributed by atoms with Gasteiger partial charge in [-0.3, -0.25) is 4.79 Å². The van der Waals surface area contributed by atoms with Crippen LogP contribution in [0.1, 0.15) is 31.0 Å². The smallest absolute Gasteiger partial charge is 0.217 e. The number of amides is 1. The first kappa shape index (κ1) is 12.3. The predicted molar refractivity (Wildman–Crippen MR) is 64.6 cm³/mol. The fourth-order valence-corrected chi connectivity index (χ4v) is 1.43. The van der Waals surface area contributed by atoms with E-state index < -0.39 is 0 Å². The summed E-state index contributed by atoms with van der Waals surface area (Å²) in [5, 5.41) is 2.83. The van der Waals surface area contributed by atoms with Crippen LogP contribution in [-0.2, 0) is 4.79 Å². The van der Waals surface area contributed by atoms with Gasteiger partial charge in [-0.15, -0.1) is 0 Å². The van der Waals surface area contributed by atoms with Gasteiger partial charge in [0.15, 0.2) is 0 Å². The maximum Gasteiger partial charge on any atom is 0.217 e. The largest absolute Gasteiger partial charge is 0.350 e. The van der Waals surface area contributed by atoms with E-state index in [9.17, 15) is 4.79 Å². The number of benzene rings is 1. The summed E-state index contributed by atoms with van der Waals surface area (Å²) in [6, 6.07) is 7.77. The minimum Gasteiger partial charge on any atom is -0.350 e. The van der Waals surface area contributed by atoms with Gasteiger partial charge < -0.3 is 11.1 Å². The fourth-order valence-electron chi connectivity index (χ4n) is 1.43. The molecule has 84 valence electrons. The Morgan fingerprint density at radius 2 is 2.31 bits per heavy atom. The van der Waals surface area contributed by atoms with Gasteiger partial charge >= 0.3 is 0 Å². The molecule has 0 saturated heterocycles. The van der Waals surface area contributed by atoms with Gasteiger partial charge in [0.1, 0.15) is 0 Å². The molecule has 0 aliphatic rings. The van der Waals surface area contributed by atoms with Crippen LogP contribution in [0, 0.1) is 11.8 Å². The van der Waals surface area contributed by atoms with Crippen molar-refractivity contribution < 1.29 is 4.79 Å². The van der Waals surface area contributed by atoms with Crippen LogP contribution in [0.5, 0.6) is 0 Å². The van der Waals surface area contributed by atoms with E-state index in [1.54, 1.807) is 0 Å². The van der Waals surface area contributed by atoms with E-state index in [4.69, 9.17) is 5.73 Å². The Bertz CT molecular complexity index is 429. The van der Waals surface area contributed by atoms with Crippen LogP contribution >= 0.6 is 0 Å². The molecule has 1 atom stereocenters. The normalized spacial score (nSPS) is 11.2. The van der Waals surface area contributed by atoms with Gasteiger partial charge in [0.2, 0.25) is 5.91 Å². The lowest BCUT2D eigenvalue weighted by Gasteiger charge is -2.12. The second-order valence-electron chi connectivity index (χ2n) is 3.55. The van der Waals surface area contributed by atoms with Gasteiger partial charge in [-0.05, 0) is 24.6 Å². The van der Waals surface area contributed by atoms with Gasteiger partial charge in [-0.25, -0.2) is 0 Å². The summed E-state index contributed by atoms with van der Waals surface area (Å²) in [4.78, 5) is 10.9. The van der Waals surface area contributed by atoms with Crippen LogP contribution in [0.4, 0.5) is 0 Å². The molecule has 1 aromatic carbocycles. The molecule has 3 heteroatoms. The molecule has 1 amide bonds. The highest BCUT2D eigenvalue weighted by atomic mass is 16.1. The molecular weight excluding hydrogens is 200 g/mol. The molecule has 3 nitrogen and oxygen atoms in total. The molecule has 0 radical (unpaired) electrons. The third kappa shape index (κ3) is 3.76. The van der Waals surface area contributed by atoms with E-state index in [0.29, 0.717) is 6.54 Å². The van der Waals surface area contributed by atoms with E-state index in [-0.39, 0.29) is 11.9 Å². The van der Waals surface area contributed by atoms with Crippen molar-refractivity contribution in [2.45, 2.75) is 19.9 Å². The highest BCUT2D eigenvalue weighted by Gasteiger charge is 2.05. The quantitative estimate of drug-likeness (QED) is 0.730. The van der Waals surface area contributed by atoms with E-state index in [1.807, 2.05) is 31.2 Å². The van der Waals surface area contributed by atoms with Gasteiger partial charge in [-0.1, -0.05) is 24.0 Å². The molecule has 0 saturated carbocycles. The van der Waals surface area contributed by atoms with Crippen molar-refractivity contribution in [2.75, 3.05) is 6.54 Å². The van der Waals surface area contributed by atoms with Crippen molar-refractivity contribution in [3.8, 4) is 11.8 Å². The molecule has 1 aromatic rings. The van der Waals surface area contributed by atoms with Gasteiger partial charge in [0.25, 0.3) is 0 Å². The SMILES string of the molecule is CC(=O)NC(C)c1cccc(C#CCN)c1. The zero-order valence-electron chi connectivity index (χ0n) is 9.58. The minimum absolute atomic E-state index is 0.00266. The number of carbonyl (C=O) groups excluding carboxylic acids is 1. The summed E-state index contributed by atoms with van der Waals surface area (Å²) in [7, 11) is 0. The van der Waals surface area contributed by atoms with Crippen LogP contribution in [-0.4, -0.2) is 12.5 Å². The molecule has 1 unspecified atom stereocenters. The molecule has 0 aliphatic heterocycles. The lowest BCUT2D eigenvalue weighted by atomic mass is 10.1. The lowest BCUT2D eigenvalue weighted by Crippen LogP contribution is -2.23. The Balaban J connectivity index is 2.85. The number of hydrogen-bond donors (Lipinski definition) is 2. The Labute approximate surface area is 96.0 Å². The van der Waals surface area contributed by atoms with Crippen LogP contribution in [0.3, 0.4) is 0 Å². The molecule has 0 aliphatic carbocycles.